The lowest BCUT2D eigenvalue weighted by atomic mass is 10.0. The van der Waals surface area contributed by atoms with Gasteiger partial charge in [0.05, 0.1) is 16.3 Å². The van der Waals surface area contributed by atoms with Gasteiger partial charge in [0.1, 0.15) is 0 Å². The SMILES string of the molecule is Cc1nc(C)c(S(=O)(=O)N(C)CC2(O)CCCC2)s1. The Hall–Kier alpha value is -0.500. The summed E-state index contributed by atoms with van der Waals surface area (Å²) in [4.78, 5) is 4.16. The summed E-state index contributed by atoms with van der Waals surface area (Å²) in [6.07, 6.45) is 3.27. The third-order valence-electron chi connectivity index (χ3n) is 3.56. The predicted octanol–water partition coefficient (Wildman–Crippen LogP) is 1.69. The molecule has 0 amide bonds. The average Bonchev–Trinajstić information content (AvgIpc) is 2.85. The molecule has 5 nitrogen and oxygen atoms in total. The van der Waals surface area contributed by atoms with Crippen LogP contribution < -0.4 is 0 Å². The minimum Gasteiger partial charge on any atom is -0.389 e. The van der Waals surface area contributed by atoms with Crippen LogP contribution in [0.15, 0.2) is 4.21 Å². The van der Waals surface area contributed by atoms with Crippen LogP contribution in [0.2, 0.25) is 0 Å². The van der Waals surface area contributed by atoms with Crippen LogP contribution >= 0.6 is 11.3 Å². The largest absolute Gasteiger partial charge is 0.389 e. The molecule has 0 spiro atoms. The molecule has 0 radical (unpaired) electrons. The van der Waals surface area contributed by atoms with E-state index in [0.717, 1.165) is 17.8 Å². The molecule has 0 atom stereocenters. The summed E-state index contributed by atoms with van der Waals surface area (Å²) in [5, 5.41) is 11.1. The van der Waals surface area contributed by atoms with Gasteiger partial charge < -0.3 is 5.11 Å². The molecule has 0 aliphatic heterocycles. The molecule has 1 aliphatic rings. The highest BCUT2D eigenvalue weighted by Gasteiger charge is 2.36. The number of thiazole rings is 1. The van der Waals surface area contributed by atoms with Crippen molar-refractivity contribution in [2.45, 2.75) is 49.3 Å². The van der Waals surface area contributed by atoms with Gasteiger partial charge in [-0.1, -0.05) is 12.8 Å². The molecule has 108 valence electrons. The fourth-order valence-electron chi connectivity index (χ4n) is 2.58. The summed E-state index contributed by atoms with van der Waals surface area (Å²) in [7, 11) is -2.02. The van der Waals surface area contributed by atoms with E-state index >= 15 is 0 Å². The second-order valence-electron chi connectivity index (χ2n) is 5.30. The molecular weight excluding hydrogens is 284 g/mol. The molecule has 0 saturated heterocycles. The molecule has 1 aromatic heterocycles. The van der Waals surface area contributed by atoms with Crippen LogP contribution in [0.1, 0.15) is 36.4 Å². The van der Waals surface area contributed by atoms with Gasteiger partial charge in [0.15, 0.2) is 4.21 Å². The molecule has 0 bridgehead atoms. The monoisotopic (exact) mass is 304 g/mol. The summed E-state index contributed by atoms with van der Waals surface area (Å²) < 4.78 is 26.5. The van der Waals surface area contributed by atoms with E-state index in [1.807, 2.05) is 0 Å². The van der Waals surface area contributed by atoms with Crippen LogP contribution in [-0.4, -0.2) is 42.0 Å². The molecule has 0 unspecified atom stereocenters. The second kappa shape index (κ2) is 5.12. The number of aryl methyl sites for hydroxylation is 2. The molecule has 1 fully saturated rings. The third kappa shape index (κ3) is 2.99. The Kier molecular flexibility index (Phi) is 4.02. The van der Waals surface area contributed by atoms with E-state index in [9.17, 15) is 13.5 Å². The van der Waals surface area contributed by atoms with E-state index in [-0.39, 0.29) is 10.8 Å². The third-order valence-corrected chi connectivity index (χ3v) is 7.02. The first kappa shape index (κ1) is 14.9. The topological polar surface area (TPSA) is 70.5 Å². The molecule has 1 N–H and O–H groups in total. The number of aromatic nitrogens is 1. The summed E-state index contributed by atoms with van der Waals surface area (Å²) in [5.74, 6) is 0. The molecule has 1 aromatic rings. The number of nitrogens with zero attached hydrogens (tertiary/aromatic N) is 2. The van der Waals surface area contributed by atoms with Gasteiger partial charge in [-0.15, -0.1) is 11.3 Å². The Bertz CT molecular complexity index is 560. The normalized spacial score (nSPS) is 19.2. The van der Waals surface area contributed by atoms with Crippen molar-refractivity contribution in [3.8, 4) is 0 Å². The van der Waals surface area contributed by atoms with Crippen molar-refractivity contribution in [1.82, 2.24) is 9.29 Å². The maximum atomic E-state index is 12.5. The van der Waals surface area contributed by atoms with Crippen LogP contribution in [0.5, 0.6) is 0 Å². The van der Waals surface area contributed by atoms with E-state index in [1.165, 1.54) is 22.7 Å². The van der Waals surface area contributed by atoms with Gasteiger partial charge in [-0.05, 0) is 26.7 Å². The minimum atomic E-state index is -3.55. The van der Waals surface area contributed by atoms with Gasteiger partial charge in [0, 0.05) is 13.6 Å². The highest BCUT2D eigenvalue weighted by Crippen LogP contribution is 2.32. The maximum absolute atomic E-state index is 12.5. The summed E-state index contributed by atoms with van der Waals surface area (Å²) in [6, 6.07) is 0. The van der Waals surface area contributed by atoms with Crippen molar-refractivity contribution in [3.05, 3.63) is 10.7 Å². The van der Waals surface area contributed by atoms with Crippen molar-refractivity contribution >= 4 is 21.4 Å². The van der Waals surface area contributed by atoms with E-state index in [2.05, 4.69) is 4.98 Å². The molecule has 19 heavy (non-hydrogen) atoms. The highest BCUT2D eigenvalue weighted by atomic mass is 32.2. The van der Waals surface area contributed by atoms with E-state index in [1.54, 1.807) is 13.8 Å². The molecular formula is C12H20N2O3S2. The van der Waals surface area contributed by atoms with Crippen LogP contribution in [0.4, 0.5) is 0 Å². The number of rotatable bonds is 4. The molecule has 7 heteroatoms. The van der Waals surface area contributed by atoms with Crippen molar-refractivity contribution in [3.63, 3.8) is 0 Å². The Morgan fingerprint density at radius 3 is 2.42 bits per heavy atom. The Morgan fingerprint density at radius 1 is 1.37 bits per heavy atom. The second-order valence-corrected chi connectivity index (χ2v) is 8.74. The maximum Gasteiger partial charge on any atom is 0.254 e. The fraction of sp³-hybridized carbons (Fsp3) is 0.750. The zero-order chi connectivity index (χ0) is 14.3. The van der Waals surface area contributed by atoms with Gasteiger partial charge in [-0.2, -0.15) is 4.31 Å². The fourth-order valence-corrected chi connectivity index (χ4v) is 5.51. The summed E-state index contributed by atoms with van der Waals surface area (Å²) in [5.41, 5.74) is -0.331. The van der Waals surface area contributed by atoms with Gasteiger partial charge in [-0.25, -0.2) is 13.4 Å². The molecule has 1 saturated carbocycles. The molecule has 1 aliphatic carbocycles. The first-order valence-electron chi connectivity index (χ1n) is 6.37. The van der Waals surface area contributed by atoms with Crippen molar-refractivity contribution < 1.29 is 13.5 Å². The Morgan fingerprint density at radius 2 is 1.95 bits per heavy atom. The quantitative estimate of drug-likeness (QED) is 0.919. The number of hydrogen-bond acceptors (Lipinski definition) is 5. The Labute approximate surface area is 118 Å². The zero-order valence-corrected chi connectivity index (χ0v) is 13.1. The first-order valence-corrected chi connectivity index (χ1v) is 8.63. The standard InChI is InChI=1S/C12H20N2O3S2/c1-9-11(18-10(2)13-9)19(16,17)14(3)8-12(15)6-4-5-7-12/h15H,4-8H2,1-3H3. The van der Waals surface area contributed by atoms with Crippen molar-refractivity contribution in [2.24, 2.45) is 0 Å². The van der Waals surface area contributed by atoms with Crippen molar-refractivity contribution in [2.75, 3.05) is 13.6 Å². The van der Waals surface area contributed by atoms with Gasteiger partial charge in [-0.3, -0.25) is 0 Å². The lowest BCUT2D eigenvalue weighted by Gasteiger charge is -2.27. The highest BCUT2D eigenvalue weighted by molar-refractivity contribution is 7.91. The van der Waals surface area contributed by atoms with Crippen LogP contribution in [0, 0.1) is 13.8 Å². The smallest absolute Gasteiger partial charge is 0.254 e. The lowest BCUT2D eigenvalue weighted by Crippen LogP contribution is -2.41. The first-order chi connectivity index (χ1) is 8.74. The minimum absolute atomic E-state index is 0.158. The van der Waals surface area contributed by atoms with Crippen molar-refractivity contribution in [1.29, 1.82) is 0 Å². The number of hydrogen-bond donors (Lipinski definition) is 1. The number of sulfonamides is 1. The molecule has 1 heterocycles. The van der Waals surface area contributed by atoms with Gasteiger partial charge in [0.2, 0.25) is 0 Å². The zero-order valence-electron chi connectivity index (χ0n) is 11.5. The van der Waals surface area contributed by atoms with Gasteiger partial charge >= 0.3 is 0 Å². The van der Waals surface area contributed by atoms with Crippen LogP contribution in [-0.2, 0) is 10.0 Å². The summed E-state index contributed by atoms with van der Waals surface area (Å²) >= 11 is 1.18. The average molecular weight is 304 g/mol. The Balaban J connectivity index is 2.22. The number of likely N-dealkylation sites (N-methyl/N-ethyl adjacent to an activating group) is 1. The van der Waals surface area contributed by atoms with E-state index in [0.29, 0.717) is 18.5 Å². The summed E-state index contributed by atoms with van der Waals surface area (Å²) in [6.45, 7) is 3.65. The molecule has 0 aromatic carbocycles. The predicted molar refractivity (Wildman–Crippen MR) is 74.8 cm³/mol. The van der Waals surface area contributed by atoms with E-state index in [4.69, 9.17) is 0 Å². The van der Waals surface area contributed by atoms with Crippen LogP contribution in [0.25, 0.3) is 0 Å². The molecule has 2 rings (SSSR count). The van der Waals surface area contributed by atoms with Crippen LogP contribution in [0.3, 0.4) is 0 Å². The van der Waals surface area contributed by atoms with E-state index < -0.39 is 15.6 Å². The number of aliphatic hydroxyl groups is 1. The van der Waals surface area contributed by atoms with Gasteiger partial charge in [0.25, 0.3) is 10.0 Å². The lowest BCUT2D eigenvalue weighted by molar-refractivity contribution is 0.0334.